The van der Waals surface area contributed by atoms with Crippen LogP contribution in [-0.4, -0.2) is 37.7 Å². The Balaban J connectivity index is 1.79. The second-order valence-corrected chi connectivity index (χ2v) is 6.14. The van der Waals surface area contributed by atoms with Crippen LogP contribution >= 0.6 is 15.9 Å². The SMILES string of the molecule is CCNCc1cc(OCCN2CCCCC2)ccc1Br. The number of nitrogens with zero attached hydrogens (tertiary/aromatic N) is 1. The van der Waals surface area contributed by atoms with Gasteiger partial charge in [-0.2, -0.15) is 0 Å². The van der Waals surface area contributed by atoms with Crippen LogP contribution in [0, 0.1) is 0 Å². The van der Waals surface area contributed by atoms with E-state index in [0.29, 0.717) is 0 Å². The molecule has 0 bridgehead atoms. The third-order valence-electron chi connectivity index (χ3n) is 3.71. The lowest BCUT2D eigenvalue weighted by Gasteiger charge is -2.26. The maximum atomic E-state index is 5.89. The Morgan fingerprint density at radius 3 is 2.80 bits per heavy atom. The molecule has 1 aliphatic heterocycles. The zero-order valence-corrected chi connectivity index (χ0v) is 13.9. The van der Waals surface area contributed by atoms with Gasteiger partial charge in [-0.25, -0.2) is 0 Å². The molecule has 0 aliphatic carbocycles. The first kappa shape index (κ1) is 15.8. The summed E-state index contributed by atoms with van der Waals surface area (Å²) in [4.78, 5) is 2.50. The van der Waals surface area contributed by atoms with E-state index in [9.17, 15) is 0 Å². The summed E-state index contributed by atoms with van der Waals surface area (Å²) in [7, 11) is 0. The number of benzene rings is 1. The van der Waals surface area contributed by atoms with Gasteiger partial charge in [0.1, 0.15) is 12.4 Å². The monoisotopic (exact) mass is 340 g/mol. The minimum atomic E-state index is 0.780. The normalized spacial score (nSPS) is 16.3. The van der Waals surface area contributed by atoms with Crippen molar-refractivity contribution in [3.05, 3.63) is 28.2 Å². The minimum absolute atomic E-state index is 0.780. The Labute approximate surface area is 130 Å². The molecule has 1 saturated heterocycles. The molecule has 0 spiro atoms. The van der Waals surface area contributed by atoms with E-state index in [0.717, 1.165) is 36.5 Å². The summed E-state index contributed by atoms with van der Waals surface area (Å²) in [6, 6.07) is 6.24. The molecule has 112 valence electrons. The van der Waals surface area contributed by atoms with Gasteiger partial charge in [0.2, 0.25) is 0 Å². The van der Waals surface area contributed by atoms with Crippen molar-refractivity contribution in [2.75, 3.05) is 32.8 Å². The molecule has 0 saturated carbocycles. The number of hydrogen-bond acceptors (Lipinski definition) is 3. The van der Waals surface area contributed by atoms with Crippen molar-refractivity contribution >= 4 is 15.9 Å². The van der Waals surface area contributed by atoms with Crippen LogP contribution in [0.4, 0.5) is 0 Å². The standard InChI is InChI=1S/C16H25BrN2O/c1-2-18-13-14-12-15(6-7-16(14)17)20-11-10-19-8-4-3-5-9-19/h6-7,12,18H,2-5,8-11,13H2,1H3. The Bertz CT molecular complexity index is 405. The second kappa shape index (κ2) is 8.65. The molecule has 0 atom stereocenters. The number of likely N-dealkylation sites (tertiary alicyclic amines) is 1. The van der Waals surface area contributed by atoms with Crippen LogP contribution in [-0.2, 0) is 6.54 Å². The first-order valence-electron chi connectivity index (χ1n) is 7.64. The van der Waals surface area contributed by atoms with Crippen molar-refractivity contribution in [1.82, 2.24) is 10.2 Å². The summed E-state index contributed by atoms with van der Waals surface area (Å²) in [5.41, 5.74) is 1.25. The lowest BCUT2D eigenvalue weighted by atomic mass is 10.1. The second-order valence-electron chi connectivity index (χ2n) is 5.28. The van der Waals surface area contributed by atoms with Crippen LogP contribution in [0.1, 0.15) is 31.7 Å². The Kier molecular flexibility index (Phi) is 6.83. The molecular formula is C16H25BrN2O. The van der Waals surface area contributed by atoms with Gasteiger partial charge < -0.3 is 10.1 Å². The highest BCUT2D eigenvalue weighted by Crippen LogP contribution is 2.22. The number of ether oxygens (including phenoxy) is 1. The summed E-state index contributed by atoms with van der Waals surface area (Å²) in [6.07, 6.45) is 4.06. The summed E-state index contributed by atoms with van der Waals surface area (Å²) in [5.74, 6) is 0.970. The predicted molar refractivity (Wildman–Crippen MR) is 87.3 cm³/mol. The number of hydrogen-bond donors (Lipinski definition) is 1. The lowest BCUT2D eigenvalue weighted by Crippen LogP contribution is -2.33. The van der Waals surface area contributed by atoms with Crippen LogP contribution in [0.2, 0.25) is 0 Å². The molecule has 2 rings (SSSR count). The van der Waals surface area contributed by atoms with Gasteiger partial charge in [-0.3, -0.25) is 4.90 Å². The fraction of sp³-hybridized carbons (Fsp3) is 0.625. The Morgan fingerprint density at radius 1 is 1.25 bits per heavy atom. The van der Waals surface area contributed by atoms with Crippen molar-refractivity contribution in [2.24, 2.45) is 0 Å². The number of nitrogens with one attached hydrogen (secondary N) is 1. The molecular weight excluding hydrogens is 316 g/mol. The number of piperidine rings is 1. The Hall–Kier alpha value is -0.580. The Morgan fingerprint density at radius 2 is 2.05 bits per heavy atom. The molecule has 0 radical (unpaired) electrons. The topological polar surface area (TPSA) is 24.5 Å². The van der Waals surface area contributed by atoms with Crippen LogP contribution in [0.3, 0.4) is 0 Å². The van der Waals surface area contributed by atoms with E-state index in [1.54, 1.807) is 0 Å². The quantitative estimate of drug-likeness (QED) is 0.822. The maximum absolute atomic E-state index is 5.89. The van der Waals surface area contributed by atoms with E-state index in [2.05, 4.69) is 45.2 Å². The molecule has 1 aliphatic rings. The number of rotatable bonds is 7. The van der Waals surface area contributed by atoms with Gasteiger partial charge >= 0.3 is 0 Å². The van der Waals surface area contributed by atoms with Crippen LogP contribution < -0.4 is 10.1 Å². The van der Waals surface area contributed by atoms with Gasteiger partial charge in [0.15, 0.2) is 0 Å². The first-order chi connectivity index (χ1) is 9.79. The van der Waals surface area contributed by atoms with Gasteiger partial charge in [-0.1, -0.05) is 29.3 Å². The average molecular weight is 341 g/mol. The molecule has 1 aromatic rings. The average Bonchev–Trinajstić information content (AvgIpc) is 2.49. The first-order valence-corrected chi connectivity index (χ1v) is 8.43. The van der Waals surface area contributed by atoms with Crippen molar-refractivity contribution in [2.45, 2.75) is 32.7 Å². The van der Waals surface area contributed by atoms with Gasteiger partial charge in [0, 0.05) is 17.6 Å². The summed E-state index contributed by atoms with van der Waals surface area (Å²) >= 11 is 3.59. The highest BCUT2D eigenvalue weighted by molar-refractivity contribution is 9.10. The summed E-state index contributed by atoms with van der Waals surface area (Å²) in [6.45, 7) is 8.26. The molecule has 0 unspecified atom stereocenters. The van der Waals surface area contributed by atoms with Gasteiger partial charge in [0.05, 0.1) is 0 Å². The summed E-state index contributed by atoms with van der Waals surface area (Å²) in [5, 5.41) is 3.35. The van der Waals surface area contributed by atoms with Crippen LogP contribution in [0.5, 0.6) is 5.75 Å². The molecule has 1 N–H and O–H groups in total. The van der Waals surface area contributed by atoms with Gasteiger partial charge in [-0.05, 0) is 56.2 Å². The smallest absolute Gasteiger partial charge is 0.119 e. The van der Waals surface area contributed by atoms with Gasteiger partial charge in [0.25, 0.3) is 0 Å². The number of halogens is 1. The van der Waals surface area contributed by atoms with Crippen molar-refractivity contribution < 1.29 is 4.74 Å². The molecule has 4 heteroatoms. The molecule has 0 amide bonds. The molecule has 3 nitrogen and oxygen atoms in total. The van der Waals surface area contributed by atoms with Crippen molar-refractivity contribution in [3.8, 4) is 5.75 Å². The predicted octanol–water partition coefficient (Wildman–Crippen LogP) is 3.42. The zero-order chi connectivity index (χ0) is 14.2. The minimum Gasteiger partial charge on any atom is -0.492 e. The summed E-state index contributed by atoms with van der Waals surface area (Å²) < 4.78 is 7.03. The van der Waals surface area contributed by atoms with E-state index < -0.39 is 0 Å². The van der Waals surface area contributed by atoms with Crippen LogP contribution in [0.15, 0.2) is 22.7 Å². The van der Waals surface area contributed by atoms with Crippen molar-refractivity contribution in [3.63, 3.8) is 0 Å². The molecule has 1 aromatic carbocycles. The highest BCUT2D eigenvalue weighted by Gasteiger charge is 2.09. The largest absolute Gasteiger partial charge is 0.492 e. The fourth-order valence-corrected chi connectivity index (χ4v) is 2.90. The molecule has 1 heterocycles. The molecule has 20 heavy (non-hydrogen) atoms. The lowest BCUT2D eigenvalue weighted by molar-refractivity contribution is 0.183. The molecule has 0 aromatic heterocycles. The van der Waals surface area contributed by atoms with E-state index in [1.807, 2.05) is 6.07 Å². The van der Waals surface area contributed by atoms with E-state index >= 15 is 0 Å². The van der Waals surface area contributed by atoms with Crippen molar-refractivity contribution in [1.29, 1.82) is 0 Å². The van der Waals surface area contributed by atoms with Crippen LogP contribution in [0.25, 0.3) is 0 Å². The highest BCUT2D eigenvalue weighted by atomic mass is 79.9. The fourth-order valence-electron chi connectivity index (χ4n) is 2.51. The maximum Gasteiger partial charge on any atom is 0.119 e. The van der Waals surface area contributed by atoms with E-state index in [1.165, 1.54) is 37.9 Å². The third kappa shape index (κ3) is 5.08. The third-order valence-corrected chi connectivity index (χ3v) is 4.48. The van der Waals surface area contributed by atoms with Gasteiger partial charge in [-0.15, -0.1) is 0 Å². The zero-order valence-electron chi connectivity index (χ0n) is 12.3. The van der Waals surface area contributed by atoms with E-state index in [4.69, 9.17) is 4.74 Å². The van der Waals surface area contributed by atoms with E-state index in [-0.39, 0.29) is 0 Å². The molecule has 1 fully saturated rings.